The first-order valence-corrected chi connectivity index (χ1v) is 6.28. The van der Waals surface area contributed by atoms with Crippen LogP contribution in [0.25, 0.3) is 0 Å². The third-order valence-corrected chi connectivity index (χ3v) is 2.73. The summed E-state index contributed by atoms with van der Waals surface area (Å²) in [5, 5.41) is 0. The molecule has 0 bridgehead atoms. The molecule has 15 heavy (non-hydrogen) atoms. The van der Waals surface area contributed by atoms with Gasteiger partial charge in [0.05, 0.1) is 0 Å². The fourth-order valence-corrected chi connectivity index (χ4v) is 1.41. The Morgan fingerprint density at radius 1 is 1.00 bits per heavy atom. The summed E-state index contributed by atoms with van der Waals surface area (Å²) in [7, 11) is 0. The molecule has 1 atom stereocenters. The van der Waals surface area contributed by atoms with Crippen molar-refractivity contribution in [3.05, 3.63) is 35.9 Å². The summed E-state index contributed by atoms with van der Waals surface area (Å²) in [5.74, 6) is 0.949. The molecule has 0 fully saturated rings. The SMILES string of the molecule is CCCC(C)CC.CCc1ccccc1. The van der Waals surface area contributed by atoms with Gasteiger partial charge in [-0.2, -0.15) is 0 Å². The van der Waals surface area contributed by atoms with Gasteiger partial charge in [0.25, 0.3) is 0 Å². The first kappa shape index (κ1) is 14.2. The average molecular weight is 206 g/mol. The maximum atomic E-state index is 2.31. The van der Waals surface area contributed by atoms with E-state index in [-0.39, 0.29) is 0 Å². The molecule has 1 rings (SSSR count). The number of aryl methyl sites for hydroxylation is 1. The van der Waals surface area contributed by atoms with Crippen molar-refractivity contribution in [2.24, 2.45) is 5.92 Å². The first-order valence-electron chi connectivity index (χ1n) is 6.28. The fourth-order valence-electron chi connectivity index (χ4n) is 1.41. The lowest BCUT2D eigenvalue weighted by Crippen LogP contribution is -1.88. The van der Waals surface area contributed by atoms with Crippen molar-refractivity contribution in [1.29, 1.82) is 0 Å². The number of hydrogen-bond donors (Lipinski definition) is 0. The molecule has 0 radical (unpaired) electrons. The summed E-state index contributed by atoms with van der Waals surface area (Å²) in [6.45, 7) is 8.96. The molecule has 0 saturated heterocycles. The van der Waals surface area contributed by atoms with Crippen LogP contribution in [0.1, 0.15) is 52.5 Å². The van der Waals surface area contributed by atoms with Crippen LogP contribution in [0.4, 0.5) is 0 Å². The second kappa shape index (κ2) is 9.76. The van der Waals surface area contributed by atoms with Crippen molar-refractivity contribution in [1.82, 2.24) is 0 Å². The molecule has 0 heterocycles. The normalized spacial score (nSPS) is 11.5. The second-order valence-corrected chi connectivity index (χ2v) is 4.14. The van der Waals surface area contributed by atoms with Crippen molar-refractivity contribution in [2.75, 3.05) is 0 Å². The molecule has 86 valence electrons. The molecular weight excluding hydrogens is 180 g/mol. The molecule has 0 spiro atoms. The van der Waals surface area contributed by atoms with Crippen LogP contribution < -0.4 is 0 Å². The minimum absolute atomic E-state index is 0.949. The lowest BCUT2D eigenvalue weighted by Gasteiger charge is -2.02. The van der Waals surface area contributed by atoms with Gasteiger partial charge >= 0.3 is 0 Å². The standard InChI is InChI=1S/C8H10.C7H16/c1-2-8-6-4-3-5-7-8;1-4-6-7(3)5-2/h3-7H,2H2,1H3;7H,4-6H2,1-3H3. The van der Waals surface area contributed by atoms with Gasteiger partial charge in [-0.3, -0.25) is 0 Å². The van der Waals surface area contributed by atoms with Gasteiger partial charge in [-0.25, -0.2) is 0 Å². The van der Waals surface area contributed by atoms with Crippen LogP contribution in [0.3, 0.4) is 0 Å². The molecule has 1 aromatic rings. The highest BCUT2D eigenvalue weighted by Gasteiger charge is 1.92. The zero-order valence-corrected chi connectivity index (χ0v) is 10.8. The van der Waals surface area contributed by atoms with Gasteiger partial charge in [0.1, 0.15) is 0 Å². The van der Waals surface area contributed by atoms with Crippen molar-refractivity contribution < 1.29 is 0 Å². The minimum atomic E-state index is 0.949. The van der Waals surface area contributed by atoms with Crippen LogP contribution in [-0.4, -0.2) is 0 Å². The van der Waals surface area contributed by atoms with E-state index in [1.54, 1.807) is 0 Å². The smallest absolute Gasteiger partial charge is 0.0307 e. The molecule has 0 saturated carbocycles. The zero-order valence-electron chi connectivity index (χ0n) is 10.8. The Kier molecular flexibility index (Phi) is 9.26. The van der Waals surface area contributed by atoms with Crippen LogP contribution >= 0.6 is 0 Å². The molecule has 1 unspecified atom stereocenters. The largest absolute Gasteiger partial charge is 0.0654 e. The zero-order chi connectivity index (χ0) is 11.5. The first-order chi connectivity index (χ1) is 7.24. The highest BCUT2D eigenvalue weighted by atomic mass is 14.0. The van der Waals surface area contributed by atoms with Crippen molar-refractivity contribution in [3.8, 4) is 0 Å². The minimum Gasteiger partial charge on any atom is -0.0654 e. The summed E-state index contributed by atoms with van der Waals surface area (Å²) in [4.78, 5) is 0. The summed E-state index contributed by atoms with van der Waals surface area (Å²) < 4.78 is 0. The topological polar surface area (TPSA) is 0 Å². The van der Waals surface area contributed by atoms with Crippen molar-refractivity contribution in [3.63, 3.8) is 0 Å². The summed E-state index contributed by atoms with van der Waals surface area (Å²) in [5.41, 5.74) is 1.41. The molecular formula is C15H26. The highest BCUT2D eigenvalue weighted by Crippen LogP contribution is 2.07. The van der Waals surface area contributed by atoms with E-state index in [9.17, 15) is 0 Å². The number of hydrogen-bond acceptors (Lipinski definition) is 0. The Morgan fingerprint density at radius 3 is 1.87 bits per heavy atom. The van der Waals surface area contributed by atoms with Gasteiger partial charge in [-0.1, -0.05) is 77.3 Å². The molecule has 0 aliphatic heterocycles. The van der Waals surface area contributed by atoms with Gasteiger partial charge in [0, 0.05) is 0 Å². The van der Waals surface area contributed by atoms with E-state index in [1.807, 2.05) is 6.07 Å². The molecule has 0 N–H and O–H groups in total. The Bertz CT molecular complexity index is 213. The lowest BCUT2D eigenvalue weighted by atomic mass is 10.0. The molecule has 0 heteroatoms. The van der Waals surface area contributed by atoms with E-state index in [0.29, 0.717) is 0 Å². The molecule has 0 nitrogen and oxygen atoms in total. The van der Waals surface area contributed by atoms with Crippen LogP contribution in [0.5, 0.6) is 0 Å². The molecule has 0 aromatic heterocycles. The highest BCUT2D eigenvalue weighted by molar-refractivity contribution is 5.13. The van der Waals surface area contributed by atoms with Crippen molar-refractivity contribution >= 4 is 0 Å². The van der Waals surface area contributed by atoms with Crippen LogP contribution in [0.2, 0.25) is 0 Å². The summed E-state index contributed by atoms with van der Waals surface area (Å²) >= 11 is 0. The lowest BCUT2D eigenvalue weighted by molar-refractivity contribution is 0.509. The Balaban J connectivity index is 0.000000265. The molecule has 0 aliphatic carbocycles. The summed E-state index contributed by atoms with van der Waals surface area (Å²) in [6, 6.07) is 10.5. The van der Waals surface area contributed by atoms with Gasteiger partial charge in [-0.15, -0.1) is 0 Å². The predicted molar refractivity (Wildman–Crippen MR) is 70.2 cm³/mol. The molecule has 1 aromatic carbocycles. The maximum Gasteiger partial charge on any atom is -0.0307 e. The van der Waals surface area contributed by atoms with Gasteiger partial charge in [-0.05, 0) is 17.9 Å². The van der Waals surface area contributed by atoms with Crippen LogP contribution in [0, 0.1) is 5.92 Å². The Morgan fingerprint density at radius 2 is 1.60 bits per heavy atom. The fraction of sp³-hybridized carbons (Fsp3) is 0.600. The van der Waals surface area contributed by atoms with Crippen molar-refractivity contribution in [2.45, 2.75) is 53.4 Å². The number of benzene rings is 1. The van der Waals surface area contributed by atoms with Crippen LogP contribution in [-0.2, 0) is 6.42 Å². The monoisotopic (exact) mass is 206 g/mol. The second-order valence-electron chi connectivity index (χ2n) is 4.14. The quantitative estimate of drug-likeness (QED) is 0.644. The average Bonchev–Trinajstić information content (AvgIpc) is 2.31. The predicted octanol–water partition coefficient (Wildman–Crippen LogP) is 5.08. The Hall–Kier alpha value is -0.780. The number of rotatable bonds is 4. The maximum absolute atomic E-state index is 2.31. The third kappa shape index (κ3) is 8.23. The van der Waals surface area contributed by atoms with E-state index in [2.05, 4.69) is 52.0 Å². The third-order valence-electron chi connectivity index (χ3n) is 2.73. The van der Waals surface area contributed by atoms with E-state index in [4.69, 9.17) is 0 Å². The van der Waals surface area contributed by atoms with E-state index >= 15 is 0 Å². The molecule has 0 aliphatic rings. The van der Waals surface area contributed by atoms with E-state index in [1.165, 1.54) is 24.8 Å². The summed E-state index contributed by atoms with van der Waals surface area (Å²) in [6.07, 6.45) is 5.22. The van der Waals surface area contributed by atoms with Gasteiger partial charge in [0.15, 0.2) is 0 Å². The van der Waals surface area contributed by atoms with E-state index in [0.717, 1.165) is 12.3 Å². The molecule has 0 amide bonds. The van der Waals surface area contributed by atoms with E-state index < -0.39 is 0 Å². The van der Waals surface area contributed by atoms with Gasteiger partial charge in [0.2, 0.25) is 0 Å². The van der Waals surface area contributed by atoms with Gasteiger partial charge < -0.3 is 0 Å². The van der Waals surface area contributed by atoms with Crippen LogP contribution in [0.15, 0.2) is 30.3 Å². The Labute approximate surface area is 95.7 Å².